The molecule has 3 nitrogen and oxygen atoms in total. The molecule has 3 N–H and O–H groups in total. The van der Waals surface area contributed by atoms with Crippen LogP contribution < -0.4 is 0 Å². The van der Waals surface area contributed by atoms with Crippen LogP contribution in [0.3, 0.4) is 0 Å². The number of benzene rings is 3. The molecule has 0 aliphatic heterocycles. The molecule has 6 rings (SSSR count). The van der Waals surface area contributed by atoms with E-state index in [1.807, 2.05) is 6.07 Å². The molecule has 0 spiro atoms. The molecular weight excluding hydrogens is 564 g/mol. The summed E-state index contributed by atoms with van der Waals surface area (Å²) in [6, 6.07) is 12.9. The van der Waals surface area contributed by atoms with E-state index >= 15 is 0 Å². The Kier molecular flexibility index (Phi) is 10.4. The van der Waals surface area contributed by atoms with E-state index in [2.05, 4.69) is 58.0 Å². The van der Waals surface area contributed by atoms with Gasteiger partial charge >= 0.3 is 0 Å². The second-order valence-electron chi connectivity index (χ2n) is 15.5. The normalized spacial score (nSPS) is 19.5. The SMILES string of the molecule is Cc1cc(C2CCCCC2)c(O)cc1C(C)CC(c1cc(O)c(C2CCCCC2)cc1C)c1cc(O)c(C2CCCCC2)cc1C. The first kappa shape index (κ1) is 33.0. The highest BCUT2D eigenvalue weighted by molar-refractivity contribution is 5.53. The average molecular weight is 623 g/mol. The Morgan fingerprint density at radius 1 is 0.478 bits per heavy atom. The fourth-order valence-corrected chi connectivity index (χ4v) is 9.61. The van der Waals surface area contributed by atoms with Crippen LogP contribution in [-0.4, -0.2) is 15.3 Å². The van der Waals surface area contributed by atoms with Crippen LogP contribution in [-0.2, 0) is 0 Å². The molecular formula is C43H58O3. The summed E-state index contributed by atoms with van der Waals surface area (Å²) < 4.78 is 0. The highest BCUT2D eigenvalue weighted by Gasteiger charge is 2.29. The van der Waals surface area contributed by atoms with Crippen molar-refractivity contribution in [2.24, 2.45) is 0 Å². The van der Waals surface area contributed by atoms with E-state index in [4.69, 9.17) is 0 Å². The molecule has 248 valence electrons. The first-order chi connectivity index (χ1) is 22.2. The lowest BCUT2D eigenvalue weighted by Gasteiger charge is -2.30. The van der Waals surface area contributed by atoms with Crippen LogP contribution in [0.2, 0.25) is 0 Å². The largest absolute Gasteiger partial charge is 0.508 e. The third-order valence-electron chi connectivity index (χ3n) is 12.3. The molecule has 0 aromatic heterocycles. The quantitative estimate of drug-likeness (QED) is 0.234. The predicted octanol–water partition coefficient (Wildman–Crippen LogP) is 12.2. The van der Waals surface area contributed by atoms with Crippen molar-refractivity contribution in [2.45, 2.75) is 160 Å². The number of phenolic OH excluding ortho intramolecular Hbond substituents is 3. The number of aryl methyl sites for hydroxylation is 3. The summed E-state index contributed by atoms with van der Waals surface area (Å²) in [6.07, 6.45) is 19.1. The molecule has 3 aromatic rings. The van der Waals surface area contributed by atoms with Crippen LogP contribution >= 0.6 is 0 Å². The number of hydrogen-bond donors (Lipinski definition) is 3. The third-order valence-corrected chi connectivity index (χ3v) is 12.3. The lowest BCUT2D eigenvalue weighted by Crippen LogP contribution is -2.13. The van der Waals surface area contributed by atoms with Crippen LogP contribution in [0, 0.1) is 20.8 Å². The number of rotatable bonds is 8. The average Bonchev–Trinajstić information content (AvgIpc) is 3.07. The molecule has 46 heavy (non-hydrogen) atoms. The first-order valence-electron chi connectivity index (χ1n) is 18.7. The van der Waals surface area contributed by atoms with Crippen LogP contribution in [0.25, 0.3) is 0 Å². The van der Waals surface area contributed by atoms with Crippen molar-refractivity contribution in [3.63, 3.8) is 0 Å². The second kappa shape index (κ2) is 14.4. The monoisotopic (exact) mass is 622 g/mol. The van der Waals surface area contributed by atoms with E-state index < -0.39 is 0 Å². The summed E-state index contributed by atoms with van der Waals surface area (Å²) in [5.41, 5.74) is 10.5. The van der Waals surface area contributed by atoms with Crippen LogP contribution in [0.4, 0.5) is 0 Å². The van der Waals surface area contributed by atoms with Gasteiger partial charge in [0.15, 0.2) is 0 Å². The van der Waals surface area contributed by atoms with Crippen molar-refractivity contribution in [1.82, 2.24) is 0 Å². The molecule has 3 aliphatic carbocycles. The zero-order chi connectivity index (χ0) is 32.4. The maximum atomic E-state index is 11.5. The van der Waals surface area contributed by atoms with Gasteiger partial charge in [0, 0.05) is 5.92 Å². The molecule has 1 atom stereocenters. The van der Waals surface area contributed by atoms with E-state index in [0.29, 0.717) is 35.0 Å². The predicted molar refractivity (Wildman–Crippen MR) is 191 cm³/mol. The smallest absolute Gasteiger partial charge is 0.119 e. The zero-order valence-electron chi connectivity index (χ0n) is 29.0. The van der Waals surface area contributed by atoms with Crippen molar-refractivity contribution in [3.05, 3.63) is 86.5 Å². The summed E-state index contributed by atoms with van der Waals surface area (Å²) in [6.45, 7) is 8.91. The van der Waals surface area contributed by atoms with E-state index in [-0.39, 0.29) is 11.8 Å². The first-order valence-corrected chi connectivity index (χ1v) is 18.7. The summed E-state index contributed by atoms with van der Waals surface area (Å²) in [4.78, 5) is 0. The molecule has 0 amide bonds. The minimum atomic E-state index is 0.00664. The molecule has 3 fully saturated rings. The maximum absolute atomic E-state index is 11.5. The summed E-state index contributed by atoms with van der Waals surface area (Å²) in [5.74, 6) is 2.83. The van der Waals surface area contributed by atoms with Gasteiger partial charge in [0.1, 0.15) is 17.2 Å². The standard InChI is InChI=1S/C43H58O3/c1-27-20-37(31-14-8-5-9-15-31)41(44)24-34(27)28(2)23-40(35-25-42(45)38(21-29(35)3)32-16-10-6-11-17-32)36-26-43(46)39(22-30(36)4)33-18-12-7-13-19-33/h20-22,24-26,28,31-33,40,44-46H,5-19,23H2,1-4H3. The molecule has 3 heteroatoms. The second-order valence-corrected chi connectivity index (χ2v) is 15.5. The molecule has 0 heterocycles. The Balaban J connectivity index is 1.38. The number of phenols is 3. The molecule has 3 aliphatic rings. The van der Waals surface area contributed by atoms with Gasteiger partial charge in [-0.3, -0.25) is 0 Å². The van der Waals surface area contributed by atoms with Gasteiger partial charge < -0.3 is 15.3 Å². The van der Waals surface area contributed by atoms with Crippen molar-refractivity contribution in [2.75, 3.05) is 0 Å². The van der Waals surface area contributed by atoms with Crippen molar-refractivity contribution < 1.29 is 15.3 Å². The Hall–Kier alpha value is -2.94. The highest BCUT2D eigenvalue weighted by Crippen LogP contribution is 2.47. The van der Waals surface area contributed by atoms with Gasteiger partial charge in [-0.05, 0) is 158 Å². The minimum Gasteiger partial charge on any atom is -0.508 e. The zero-order valence-corrected chi connectivity index (χ0v) is 29.0. The fraction of sp³-hybridized carbons (Fsp3) is 0.581. The van der Waals surface area contributed by atoms with E-state index in [9.17, 15) is 15.3 Å². The van der Waals surface area contributed by atoms with E-state index in [1.54, 1.807) is 0 Å². The van der Waals surface area contributed by atoms with E-state index in [1.165, 1.54) is 92.9 Å². The maximum Gasteiger partial charge on any atom is 0.119 e. The molecule has 0 bridgehead atoms. The van der Waals surface area contributed by atoms with Gasteiger partial charge in [0.2, 0.25) is 0 Å². The van der Waals surface area contributed by atoms with Gasteiger partial charge in [0.25, 0.3) is 0 Å². The van der Waals surface area contributed by atoms with Gasteiger partial charge in [-0.15, -0.1) is 0 Å². The lowest BCUT2D eigenvalue weighted by molar-refractivity contribution is 0.412. The van der Waals surface area contributed by atoms with Gasteiger partial charge in [0.05, 0.1) is 0 Å². The Morgan fingerprint density at radius 2 is 0.783 bits per heavy atom. The van der Waals surface area contributed by atoms with Crippen LogP contribution in [0.15, 0.2) is 36.4 Å². The summed E-state index contributed by atoms with van der Waals surface area (Å²) in [7, 11) is 0. The van der Waals surface area contributed by atoms with Crippen LogP contribution in [0.1, 0.15) is 189 Å². The van der Waals surface area contributed by atoms with Crippen molar-refractivity contribution in [3.8, 4) is 17.2 Å². The summed E-state index contributed by atoms with van der Waals surface area (Å²) in [5, 5.41) is 34.3. The van der Waals surface area contributed by atoms with Crippen molar-refractivity contribution >= 4 is 0 Å². The van der Waals surface area contributed by atoms with Crippen LogP contribution in [0.5, 0.6) is 17.2 Å². The van der Waals surface area contributed by atoms with Crippen molar-refractivity contribution in [1.29, 1.82) is 0 Å². The highest BCUT2D eigenvalue weighted by atomic mass is 16.3. The number of hydrogen-bond acceptors (Lipinski definition) is 3. The minimum absolute atomic E-state index is 0.00664. The Bertz CT molecular complexity index is 1430. The van der Waals surface area contributed by atoms with E-state index in [0.717, 1.165) is 59.9 Å². The number of aromatic hydroxyl groups is 3. The van der Waals surface area contributed by atoms with Gasteiger partial charge in [-0.2, -0.15) is 0 Å². The lowest BCUT2D eigenvalue weighted by atomic mass is 9.75. The topological polar surface area (TPSA) is 60.7 Å². The Morgan fingerprint density at radius 3 is 1.13 bits per heavy atom. The molecule has 1 unspecified atom stereocenters. The third kappa shape index (κ3) is 6.99. The van der Waals surface area contributed by atoms with Gasteiger partial charge in [-0.1, -0.05) is 82.9 Å². The molecule has 0 saturated heterocycles. The molecule has 3 aromatic carbocycles. The Labute approximate surface area is 278 Å². The molecule has 3 saturated carbocycles. The van der Waals surface area contributed by atoms with Gasteiger partial charge in [-0.25, -0.2) is 0 Å². The fourth-order valence-electron chi connectivity index (χ4n) is 9.61. The molecule has 0 radical (unpaired) electrons. The summed E-state index contributed by atoms with van der Waals surface area (Å²) >= 11 is 0.